The lowest BCUT2D eigenvalue weighted by atomic mass is 10.1. The largest absolute Gasteiger partial charge is 0.490 e. The predicted molar refractivity (Wildman–Crippen MR) is 95.2 cm³/mol. The number of hydrogen-bond donors (Lipinski definition) is 0. The quantitative estimate of drug-likeness (QED) is 0.831. The van der Waals surface area contributed by atoms with Gasteiger partial charge in [0.05, 0.1) is 13.2 Å². The molecule has 3 rings (SSSR count). The number of anilines is 1. The fourth-order valence-electron chi connectivity index (χ4n) is 3.20. The summed E-state index contributed by atoms with van der Waals surface area (Å²) in [5.41, 5.74) is 2.83. The molecule has 1 aliphatic rings. The van der Waals surface area contributed by atoms with Gasteiger partial charge in [0.2, 0.25) is 0 Å². The summed E-state index contributed by atoms with van der Waals surface area (Å²) < 4.78 is 11.2. The van der Waals surface area contributed by atoms with Gasteiger partial charge >= 0.3 is 0 Å². The number of rotatable bonds is 5. The van der Waals surface area contributed by atoms with Gasteiger partial charge in [0.15, 0.2) is 11.5 Å². The third kappa shape index (κ3) is 2.96. The zero-order valence-electron chi connectivity index (χ0n) is 14.4. The number of amides is 1. The van der Waals surface area contributed by atoms with Crippen LogP contribution in [0.2, 0.25) is 0 Å². The zero-order chi connectivity index (χ0) is 17.1. The van der Waals surface area contributed by atoms with Crippen LogP contribution in [0.3, 0.4) is 0 Å². The zero-order valence-corrected chi connectivity index (χ0v) is 14.4. The summed E-state index contributed by atoms with van der Waals surface area (Å²) in [6.07, 6.45) is 0.886. The van der Waals surface area contributed by atoms with Gasteiger partial charge in [0, 0.05) is 17.3 Å². The SMILES string of the molecule is CCOc1ccc(C(=O)N2c3ccccc3C[C@H]2C)cc1OCC. The lowest BCUT2D eigenvalue weighted by Crippen LogP contribution is -2.35. The van der Waals surface area contributed by atoms with E-state index >= 15 is 0 Å². The van der Waals surface area contributed by atoms with Crippen molar-refractivity contribution in [3.63, 3.8) is 0 Å². The lowest BCUT2D eigenvalue weighted by Gasteiger charge is -2.23. The van der Waals surface area contributed by atoms with Gasteiger partial charge in [0.25, 0.3) is 5.91 Å². The number of nitrogens with zero attached hydrogens (tertiary/aromatic N) is 1. The Balaban J connectivity index is 1.94. The highest BCUT2D eigenvalue weighted by atomic mass is 16.5. The molecule has 0 N–H and O–H groups in total. The molecule has 4 nitrogen and oxygen atoms in total. The average Bonchev–Trinajstić information content (AvgIpc) is 2.92. The van der Waals surface area contributed by atoms with E-state index < -0.39 is 0 Å². The topological polar surface area (TPSA) is 38.8 Å². The van der Waals surface area contributed by atoms with Crippen molar-refractivity contribution in [1.82, 2.24) is 0 Å². The van der Waals surface area contributed by atoms with E-state index in [2.05, 4.69) is 13.0 Å². The van der Waals surface area contributed by atoms with E-state index in [9.17, 15) is 4.79 Å². The Morgan fingerprint density at radius 3 is 2.54 bits per heavy atom. The number of para-hydroxylation sites is 1. The molecule has 1 heterocycles. The third-order valence-corrected chi connectivity index (χ3v) is 4.22. The molecule has 0 aliphatic carbocycles. The van der Waals surface area contributed by atoms with Crippen LogP contribution in [0, 0.1) is 0 Å². The molecule has 0 bridgehead atoms. The highest BCUT2D eigenvalue weighted by molar-refractivity contribution is 6.08. The second-order valence-corrected chi connectivity index (χ2v) is 5.88. The minimum absolute atomic E-state index is 0.00329. The summed E-state index contributed by atoms with van der Waals surface area (Å²) in [7, 11) is 0. The van der Waals surface area contributed by atoms with E-state index in [4.69, 9.17) is 9.47 Å². The molecule has 1 amide bonds. The molecule has 1 atom stereocenters. The van der Waals surface area contributed by atoms with Gasteiger partial charge in [-0.3, -0.25) is 4.79 Å². The first-order chi connectivity index (χ1) is 11.7. The fourth-order valence-corrected chi connectivity index (χ4v) is 3.20. The number of hydrogen-bond acceptors (Lipinski definition) is 3. The Kier molecular flexibility index (Phi) is 4.74. The number of ether oxygens (including phenoxy) is 2. The van der Waals surface area contributed by atoms with Crippen LogP contribution in [0.5, 0.6) is 11.5 Å². The Hall–Kier alpha value is -2.49. The van der Waals surface area contributed by atoms with Crippen LogP contribution in [0.25, 0.3) is 0 Å². The number of carbonyl (C=O) groups excluding carboxylic acids is 1. The Labute approximate surface area is 143 Å². The van der Waals surface area contributed by atoms with Crippen LogP contribution in [-0.4, -0.2) is 25.2 Å². The number of benzene rings is 2. The molecule has 126 valence electrons. The third-order valence-electron chi connectivity index (χ3n) is 4.22. The van der Waals surface area contributed by atoms with E-state index in [0.717, 1.165) is 12.1 Å². The van der Waals surface area contributed by atoms with Crippen molar-refractivity contribution >= 4 is 11.6 Å². The van der Waals surface area contributed by atoms with Crippen LogP contribution in [0.15, 0.2) is 42.5 Å². The first kappa shape index (κ1) is 16.4. The van der Waals surface area contributed by atoms with Gasteiger partial charge in [-0.15, -0.1) is 0 Å². The van der Waals surface area contributed by atoms with Crippen molar-refractivity contribution in [2.45, 2.75) is 33.2 Å². The molecule has 0 radical (unpaired) electrons. The first-order valence-corrected chi connectivity index (χ1v) is 8.46. The normalized spacial score (nSPS) is 16.0. The van der Waals surface area contributed by atoms with Crippen molar-refractivity contribution in [1.29, 1.82) is 0 Å². The molecule has 0 saturated heterocycles. The Bertz CT molecular complexity index is 741. The van der Waals surface area contributed by atoms with Crippen molar-refractivity contribution in [2.75, 3.05) is 18.1 Å². The van der Waals surface area contributed by atoms with Crippen molar-refractivity contribution in [2.24, 2.45) is 0 Å². The summed E-state index contributed by atoms with van der Waals surface area (Å²) in [5, 5.41) is 0. The summed E-state index contributed by atoms with van der Waals surface area (Å²) in [6.45, 7) is 7.02. The second kappa shape index (κ2) is 6.95. The average molecular weight is 325 g/mol. The van der Waals surface area contributed by atoms with Crippen LogP contribution in [0.1, 0.15) is 36.7 Å². The summed E-state index contributed by atoms with van der Waals surface area (Å²) in [6, 6.07) is 13.6. The Morgan fingerprint density at radius 2 is 1.79 bits per heavy atom. The maximum atomic E-state index is 13.1. The highest BCUT2D eigenvalue weighted by Gasteiger charge is 2.31. The number of fused-ring (bicyclic) bond motifs is 1. The molecular formula is C20H23NO3. The summed E-state index contributed by atoms with van der Waals surface area (Å²) in [4.78, 5) is 15.0. The molecule has 0 saturated carbocycles. The van der Waals surface area contributed by atoms with Gasteiger partial charge in [-0.05, 0) is 57.0 Å². The van der Waals surface area contributed by atoms with Gasteiger partial charge in [0.1, 0.15) is 0 Å². The predicted octanol–water partition coefficient (Wildman–Crippen LogP) is 4.08. The van der Waals surface area contributed by atoms with Gasteiger partial charge < -0.3 is 14.4 Å². The standard InChI is InChI=1S/C20H23NO3/c1-4-23-18-11-10-16(13-19(18)24-5-2)20(22)21-14(3)12-15-8-6-7-9-17(15)21/h6-11,13-14H,4-5,12H2,1-3H3/t14-/m1/s1. The molecule has 0 unspecified atom stereocenters. The first-order valence-electron chi connectivity index (χ1n) is 8.46. The highest BCUT2D eigenvalue weighted by Crippen LogP contribution is 2.35. The van der Waals surface area contributed by atoms with E-state index in [1.165, 1.54) is 5.56 Å². The van der Waals surface area contributed by atoms with E-state index in [1.54, 1.807) is 6.07 Å². The van der Waals surface area contributed by atoms with Gasteiger partial charge in [-0.1, -0.05) is 18.2 Å². The lowest BCUT2D eigenvalue weighted by molar-refractivity contribution is 0.0981. The molecule has 0 aromatic heterocycles. The van der Waals surface area contributed by atoms with Crippen LogP contribution < -0.4 is 14.4 Å². The summed E-state index contributed by atoms with van der Waals surface area (Å²) in [5.74, 6) is 1.28. The second-order valence-electron chi connectivity index (χ2n) is 5.88. The minimum Gasteiger partial charge on any atom is -0.490 e. The molecule has 0 fully saturated rings. The van der Waals surface area contributed by atoms with E-state index in [-0.39, 0.29) is 11.9 Å². The maximum absolute atomic E-state index is 13.1. The molecule has 4 heteroatoms. The van der Waals surface area contributed by atoms with E-state index in [1.807, 2.05) is 49.1 Å². The van der Waals surface area contributed by atoms with E-state index in [0.29, 0.717) is 30.3 Å². The van der Waals surface area contributed by atoms with Crippen LogP contribution >= 0.6 is 0 Å². The molecule has 0 spiro atoms. The smallest absolute Gasteiger partial charge is 0.258 e. The molecule has 24 heavy (non-hydrogen) atoms. The number of carbonyl (C=O) groups is 1. The van der Waals surface area contributed by atoms with Crippen LogP contribution in [0.4, 0.5) is 5.69 Å². The molecule has 2 aromatic rings. The van der Waals surface area contributed by atoms with Crippen molar-refractivity contribution in [3.8, 4) is 11.5 Å². The monoisotopic (exact) mass is 325 g/mol. The van der Waals surface area contributed by atoms with Gasteiger partial charge in [-0.25, -0.2) is 0 Å². The van der Waals surface area contributed by atoms with Gasteiger partial charge in [-0.2, -0.15) is 0 Å². The molecular weight excluding hydrogens is 302 g/mol. The molecule has 1 aliphatic heterocycles. The summed E-state index contributed by atoms with van der Waals surface area (Å²) >= 11 is 0. The van der Waals surface area contributed by atoms with Crippen LogP contribution in [-0.2, 0) is 6.42 Å². The van der Waals surface area contributed by atoms with Crippen molar-refractivity contribution in [3.05, 3.63) is 53.6 Å². The van der Waals surface area contributed by atoms with Crippen molar-refractivity contribution < 1.29 is 14.3 Å². The Morgan fingerprint density at radius 1 is 1.08 bits per heavy atom. The minimum atomic E-state index is -0.00329. The molecule has 2 aromatic carbocycles. The maximum Gasteiger partial charge on any atom is 0.258 e. The fraction of sp³-hybridized carbons (Fsp3) is 0.350.